The molecule has 3 nitrogen and oxygen atoms in total. The van der Waals surface area contributed by atoms with Gasteiger partial charge in [0.2, 0.25) is 0 Å². The monoisotopic (exact) mass is 271 g/mol. The van der Waals surface area contributed by atoms with Crippen LogP contribution in [0.1, 0.15) is 17.7 Å². The number of methoxy groups -OCH3 is 1. The van der Waals surface area contributed by atoms with Crippen LogP contribution < -0.4 is 4.74 Å². The summed E-state index contributed by atoms with van der Waals surface area (Å²) in [6, 6.07) is 0. The van der Waals surface area contributed by atoms with Crippen LogP contribution in [0.25, 0.3) is 10.1 Å². The van der Waals surface area contributed by atoms with E-state index in [1.54, 1.807) is 7.11 Å². The zero-order valence-corrected chi connectivity index (χ0v) is 11.4. The van der Waals surface area contributed by atoms with Gasteiger partial charge in [-0.3, -0.25) is 0 Å². The van der Waals surface area contributed by atoms with E-state index in [2.05, 4.69) is 4.98 Å². The van der Waals surface area contributed by atoms with E-state index in [0.29, 0.717) is 5.15 Å². The van der Waals surface area contributed by atoms with Gasteiger partial charge in [0, 0.05) is 23.1 Å². The highest BCUT2D eigenvalue weighted by Gasteiger charge is 2.16. The molecule has 17 heavy (non-hydrogen) atoms. The van der Waals surface area contributed by atoms with Crippen molar-refractivity contribution in [1.82, 2.24) is 4.98 Å². The van der Waals surface area contributed by atoms with Crippen molar-refractivity contribution in [3.8, 4) is 5.75 Å². The minimum Gasteiger partial charge on any atom is -0.495 e. The van der Waals surface area contributed by atoms with E-state index in [4.69, 9.17) is 21.4 Å². The largest absolute Gasteiger partial charge is 0.495 e. The minimum atomic E-state index is 0.177. The van der Waals surface area contributed by atoms with E-state index in [9.17, 15) is 0 Å². The molecular formula is C12H14ClNO2S. The van der Waals surface area contributed by atoms with Crippen LogP contribution in [0.2, 0.25) is 5.15 Å². The lowest BCUT2D eigenvalue weighted by Gasteiger charge is -2.09. The molecule has 0 saturated heterocycles. The molecule has 0 aliphatic rings. The summed E-state index contributed by atoms with van der Waals surface area (Å²) in [5.41, 5.74) is 2.03. The van der Waals surface area contributed by atoms with E-state index in [1.165, 1.54) is 11.3 Å². The first kappa shape index (κ1) is 12.6. The number of halogens is 1. The van der Waals surface area contributed by atoms with Gasteiger partial charge in [-0.1, -0.05) is 11.6 Å². The van der Waals surface area contributed by atoms with Crippen LogP contribution in [0.15, 0.2) is 5.38 Å². The second-order valence-electron chi connectivity index (χ2n) is 3.80. The maximum absolute atomic E-state index is 8.95. The van der Waals surface area contributed by atoms with Crippen LogP contribution in [-0.2, 0) is 6.42 Å². The molecule has 0 aliphatic heterocycles. The van der Waals surface area contributed by atoms with E-state index in [1.807, 2.05) is 12.3 Å². The highest BCUT2D eigenvalue weighted by Crippen LogP contribution is 2.39. The van der Waals surface area contributed by atoms with Crippen molar-refractivity contribution in [3.05, 3.63) is 21.8 Å². The number of aryl methyl sites for hydroxylation is 2. The van der Waals surface area contributed by atoms with Crippen LogP contribution >= 0.6 is 22.9 Å². The molecule has 0 fully saturated rings. The van der Waals surface area contributed by atoms with Gasteiger partial charge in [-0.2, -0.15) is 0 Å². The summed E-state index contributed by atoms with van der Waals surface area (Å²) in [4.78, 5) is 4.34. The van der Waals surface area contributed by atoms with Crippen molar-refractivity contribution < 1.29 is 9.84 Å². The Labute approximate surface area is 109 Å². The molecule has 92 valence electrons. The van der Waals surface area contributed by atoms with Crippen molar-refractivity contribution in [2.24, 2.45) is 0 Å². The molecule has 2 heterocycles. The van der Waals surface area contributed by atoms with Gasteiger partial charge >= 0.3 is 0 Å². The van der Waals surface area contributed by atoms with Gasteiger partial charge in [0.1, 0.15) is 10.9 Å². The second kappa shape index (κ2) is 5.21. The summed E-state index contributed by atoms with van der Waals surface area (Å²) in [6.07, 6.45) is 1.51. The van der Waals surface area contributed by atoms with Gasteiger partial charge in [-0.15, -0.1) is 11.3 Å². The van der Waals surface area contributed by atoms with Crippen molar-refractivity contribution >= 4 is 33.0 Å². The lowest BCUT2D eigenvalue weighted by molar-refractivity contribution is 0.288. The Hall–Kier alpha value is -0.840. The van der Waals surface area contributed by atoms with Crippen molar-refractivity contribution in [2.75, 3.05) is 13.7 Å². The third-order valence-electron chi connectivity index (χ3n) is 2.75. The zero-order chi connectivity index (χ0) is 12.4. The van der Waals surface area contributed by atoms with Gasteiger partial charge in [0.15, 0.2) is 0 Å². The average Bonchev–Trinajstić information content (AvgIpc) is 2.73. The van der Waals surface area contributed by atoms with Gasteiger partial charge in [-0.05, 0) is 25.3 Å². The Morgan fingerprint density at radius 3 is 2.94 bits per heavy atom. The lowest BCUT2D eigenvalue weighted by Crippen LogP contribution is -1.97. The number of hydrogen-bond donors (Lipinski definition) is 1. The Balaban J connectivity index is 2.65. The Morgan fingerprint density at radius 2 is 2.29 bits per heavy atom. The summed E-state index contributed by atoms with van der Waals surface area (Å²) >= 11 is 7.67. The predicted molar refractivity (Wildman–Crippen MR) is 71.3 cm³/mol. The minimum absolute atomic E-state index is 0.177. The van der Waals surface area contributed by atoms with E-state index in [0.717, 1.165) is 39.9 Å². The molecule has 0 bridgehead atoms. The third-order valence-corrected chi connectivity index (χ3v) is 4.10. The van der Waals surface area contributed by atoms with Gasteiger partial charge in [0.25, 0.3) is 0 Å². The summed E-state index contributed by atoms with van der Waals surface area (Å²) in [6.45, 7) is 2.12. The van der Waals surface area contributed by atoms with Crippen LogP contribution in [0, 0.1) is 6.92 Å². The highest BCUT2D eigenvalue weighted by atomic mass is 35.5. The fraction of sp³-hybridized carbons (Fsp3) is 0.417. The van der Waals surface area contributed by atoms with E-state index in [-0.39, 0.29) is 6.61 Å². The Bertz CT molecular complexity index is 539. The molecule has 0 aromatic carbocycles. The summed E-state index contributed by atoms with van der Waals surface area (Å²) in [7, 11) is 1.65. The predicted octanol–water partition coefficient (Wildman–Crippen LogP) is 3.19. The smallest absolute Gasteiger partial charge is 0.147 e. The lowest BCUT2D eigenvalue weighted by atomic mass is 10.0. The molecule has 0 atom stereocenters. The van der Waals surface area contributed by atoms with Crippen LogP contribution in [0.3, 0.4) is 0 Å². The maximum atomic E-state index is 8.95. The SMILES string of the molecule is COc1csc2c(Cl)nc(C)c(CCCO)c12. The first-order valence-electron chi connectivity index (χ1n) is 5.40. The number of thiophene rings is 1. The molecule has 2 aromatic heterocycles. The topological polar surface area (TPSA) is 42.4 Å². The standard InChI is InChI=1S/C12H14ClNO2S/c1-7-8(4-3-5-15)10-9(16-2)6-17-11(10)12(13)14-7/h6,15H,3-5H2,1-2H3. The van der Waals surface area contributed by atoms with Crippen molar-refractivity contribution in [1.29, 1.82) is 0 Å². The molecular weight excluding hydrogens is 258 g/mol. The first-order chi connectivity index (χ1) is 8.19. The normalized spacial score (nSPS) is 11.1. The highest BCUT2D eigenvalue weighted by molar-refractivity contribution is 7.18. The number of aliphatic hydroxyl groups is 1. The van der Waals surface area contributed by atoms with Crippen LogP contribution in [0.5, 0.6) is 5.75 Å². The number of hydrogen-bond acceptors (Lipinski definition) is 4. The van der Waals surface area contributed by atoms with Crippen LogP contribution in [0.4, 0.5) is 0 Å². The summed E-state index contributed by atoms with van der Waals surface area (Å²) < 4.78 is 6.32. The molecule has 5 heteroatoms. The summed E-state index contributed by atoms with van der Waals surface area (Å²) in [5, 5.41) is 12.5. The fourth-order valence-corrected chi connectivity index (χ4v) is 3.22. The number of aromatic nitrogens is 1. The quantitative estimate of drug-likeness (QED) is 0.869. The molecule has 0 aliphatic carbocycles. The molecule has 0 radical (unpaired) electrons. The molecule has 0 spiro atoms. The van der Waals surface area contributed by atoms with Gasteiger partial charge in [0.05, 0.1) is 11.8 Å². The molecule has 1 N–H and O–H groups in total. The number of aliphatic hydroxyl groups excluding tert-OH is 1. The molecule has 0 amide bonds. The summed E-state index contributed by atoms with van der Waals surface area (Å²) in [5.74, 6) is 0.838. The van der Waals surface area contributed by atoms with Crippen LogP contribution in [-0.4, -0.2) is 23.8 Å². The van der Waals surface area contributed by atoms with Crippen molar-refractivity contribution in [3.63, 3.8) is 0 Å². The number of nitrogens with zero attached hydrogens (tertiary/aromatic N) is 1. The van der Waals surface area contributed by atoms with E-state index >= 15 is 0 Å². The first-order valence-corrected chi connectivity index (χ1v) is 6.65. The van der Waals surface area contributed by atoms with Gasteiger partial charge < -0.3 is 9.84 Å². The molecule has 0 saturated carbocycles. The zero-order valence-electron chi connectivity index (χ0n) is 9.79. The average molecular weight is 272 g/mol. The Morgan fingerprint density at radius 1 is 1.53 bits per heavy atom. The fourth-order valence-electron chi connectivity index (χ4n) is 1.94. The van der Waals surface area contributed by atoms with Gasteiger partial charge in [-0.25, -0.2) is 4.98 Å². The van der Waals surface area contributed by atoms with Crippen molar-refractivity contribution in [2.45, 2.75) is 19.8 Å². The number of fused-ring (bicyclic) bond motifs is 1. The molecule has 2 rings (SSSR count). The molecule has 2 aromatic rings. The van der Waals surface area contributed by atoms with E-state index < -0.39 is 0 Å². The third kappa shape index (κ3) is 2.25. The number of ether oxygens (including phenoxy) is 1. The number of pyridine rings is 1. The molecule has 0 unspecified atom stereocenters. The maximum Gasteiger partial charge on any atom is 0.147 e. The number of rotatable bonds is 4. The second-order valence-corrected chi connectivity index (χ2v) is 5.04. The Kier molecular flexibility index (Phi) is 3.86.